The minimum absolute atomic E-state index is 0.295. The maximum atomic E-state index is 4.86. The molecule has 4 heteroatoms. The molecule has 1 aromatic rings. The topological polar surface area (TPSA) is 48.8 Å². The molecule has 8 fully saturated rings. The molecule has 8 aliphatic carbocycles. The summed E-state index contributed by atoms with van der Waals surface area (Å²) in [6.45, 7) is 0. The normalized spacial score (nSPS) is 44.5. The summed E-state index contributed by atoms with van der Waals surface area (Å²) >= 11 is 0. The van der Waals surface area contributed by atoms with Gasteiger partial charge in [-0.25, -0.2) is 0 Å². The van der Waals surface area contributed by atoms with Crippen molar-refractivity contribution >= 4 is 23.0 Å². The Bertz CT molecular complexity index is 944. The molecular weight excluding hydrogens is 416 g/mol. The van der Waals surface area contributed by atoms with Gasteiger partial charge in [0.2, 0.25) is 0 Å². The van der Waals surface area contributed by atoms with Crippen molar-refractivity contribution in [3.05, 3.63) is 24.3 Å². The van der Waals surface area contributed by atoms with Crippen molar-refractivity contribution in [3.8, 4) is 0 Å². The van der Waals surface area contributed by atoms with E-state index in [1.54, 1.807) is 0 Å². The van der Waals surface area contributed by atoms with Gasteiger partial charge in [-0.2, -0.15) is 0 Å². The predicted molar refractivity (Wildman–Crippen MR) is 142 cm³/mol. The summed E-state index contributed by atoms with van der Waals surface area (Å²) in [5.41, 5.74) is 2.63. The van der Waals surface area contributed by atoms with E-state index in [-0.39, 0.29) is 0 Å². The van der Waals surface area contributed by atoms with Gasteiger partial charge in [-0.05, 0) is 130 Å². The fourth-order valence-electron chi connectivity index (χ4n) is 10.4. The molecule has 0 aromatic heterocycles. The van der Waals surface area contributed by atoms with Crippen molar-refractivity contribution in [1.82, 2.24) is 0 Å². The standard InChI is InChI=1S/C30H42N4/c1-31-28(27-23-10-18-6-19(12-23)13-24(27)11-18)33-25-4-3-5-26(14-25)34-29(32-2)30-15-20-7-21(16-30)9-22(8-20)17-30/h3-5,14,18-24,27H,6-13,15-17H2,1-2H3,(H,31,33)(H,32,34). The van der Waals surface area contributed by atoms with Gasteiger partial charge in [0.1, 0.15) is 11.7 Å². The van der Waals surface area contributed by atoms with Crippen LogP contribution in [0, 0.1) is 52.8 Å². The number of nitrogens with zero attached hydrogens (tertiary/aromatic N) is 2. The molecule has 0 amide bonds. The Labute approximate surface area is 205 Å². The van der Waals surface area contributed by atoms with Crippen LogP contribution in [0.5, 0.6) is 0 Å². The molecule has 2 N–H and O–H groups in total. The van der Waals surface area contributed by atoms with E-state index >= 15 is 0 Å². The minimum Gasteiger partial charge on any atom is -0.344 e. The Kier molecular flexibility index (Phi) is 5.11. The lowest BCUT2D eigenvalue weighted by atomic mass is 9.49. The number of benzene rings is 1. The number of hydrogen-bond acceptors (Lipinski definition) is 2. The predicted octanol–water partition coefficient (Wildman–Crippen LogP) is 6.86. The van der Waals surface area contributed by atoms with Gasteiger partial charge in [-0.15, -0.1) is 0 Å². The zero-order valence-electron chi connectivity index (χ0n) is 21.1. The first kappa shape index (κ1) is 21.4. The van der Waals surface area contributed by atoms with Gasteiger partial charge in [0.25, 0.3) is 0 Å². The Balaban J connectivity index is 1.08. The maximum Gasteiger partial charge on any atom is 0.107 e. The summed E-state index contributed by atoms with van der Waals surface area (Å²) in [7, 11) is 3.99. The molecule has 0 spiro atoms. The molecule has 182 valence electrons. The number of amidine groups is 2. The van der Waals surface area contributed by atoms with Gasteiger partial charge in [-0.3, -0.25) is 9.98 Å². The fraction of sp³-hybridized carbons (Fsp3) is 0.733. The Hall–Kier alpha value is -1.84. The van der Waals surface area contributed by atoms with E-state index in [2.05, 4.69) is 34.9 Å². The molecule has 4 nitrogen and oxygen atoms in total. The van der Waals surface area contributed by atoms with E-state index < -0.39 is 0 Å². The summed E-state index contributed by atoms with van der Waals surface area (Å²) in [6, 6.07) is 8.89. The van der Waals surface area contributed by atoms with Gasteiger partial charge in [0.15, 0.2) is 0 Å². The fourth-order valence-corrected chi connectivity index (χ4v) is 10.4. The summed E-state index contributed by atoms with van der Waals surface area (Å²) in [5, 5.41) is 7.61. The van der Waals surface area contributed by atoms with Crippen LogP contribution >= 0.6 is 0 Å². The van der Waals surface area contributed by atoms with Crippen molar-refractivity contribution < 1.29 is 0 Å². The average molecular weight is 459 g/mol. The largest absolute Gasteiger partial charge is 0.344 e. The summed E-state index contributed by atoms with van der Waals surface area (Å²) < 4.78 is 0. The molecule has 0 saturated heterocycles. The second kappa shape index (κ2) is 8.10. The van der Waals surface area contributed by atoms with Gasteiger partial charge in [0, 0.05) is 36.8 Å². The van der Waals surface area contributed by atoms with Crippen LogP contribution in [0.3, 0.4) is 0 Å². The monoisotopic (exact) mass is 458 g/mol. The van der Waals surface area contributed by atoms with Gasteiger partial charge in [0.05, 0.1) is 0 Å². The van der Waals surface area contributed by atoms with Crippen molar-refractivity contribution in [2.24, 2.45) is 62.7 Å². The lowest BCUT2D eigenvalue weighted by molar-refractivity contribution is -0.0123. The molecule has 0 unspecified atom stereocenters. The zero-order chi connectivity index (χ0) is 22.9. The molecule has 8 aliphatic rings. The molecule has 0 atom stereocenters. The van der Waals surface area contributed by atoms with E-state index in [4.69, 9.17) is 9.98 Å². The van der Waals surface area contributed by atoms with E-state index in [1.165, 1.54) is 93.7 Å². The van der Waals surface area contributed by atoms with E-state index in [1.807, 2.05) is 14.1 Å². The summed E-state index contributed by atoms with van der Waals surface area (Å²) in [4.78, 5) is 9.69. The lowest BCUT2D eigenvalue weighted by Gasteiger charge is -2.57. The summed E-state index contributed by atoms with van der Waals surface area (Å²) in [5.74, 6) is 9.60. The first-order chi connectivity index (χ1) is 16.6. The van der Waals surface area contributed by atoms with Crippen LogP contribution in [0.1, 0.15) is 70.6 Å². The molecule has 34 heavy (non-hydrogen) atoms. The van der Waals surface area contributed by atoms with Crippen LogP contribution in [0.25, 0.3) is 0 Å². The number of hydrogen-bond donors (Lipinski definition) is 2. The van der Waals surface area contributed by atoms with Crippen molar-refractivity contribution in [1.29, 1.82) is 0 Å². The highest BCUT2D eigenvalue weighted by molar-refractivity contribution is 6.01. The van der Waals surface area contributed by atoms with Crippen molar-refractivity contribution in [2.75, 3.05) is 24.7 Å². The number of aliphatic imine (C=N–C) groups is 2. The number of rotatable bonds is 4. The Morgan fingerprint density at radius 2 is 1.24 bits per heavy atom. The zero-order valence-corrected chi connectivity index (χ0v) is 21.1. The average Bonchev–Trinajstić information content (AvgIpc) is 2.80. The van der Waals surface area contributed by atoms with Crippen LogP contribution in [0.2, 0.25) is 0 Å². The third-order valence-corrected chi connectivity index (χ3v) is 10.9. The highest BCUT2D eigenvalue weighted by Crippen LogP contribution is 2.60. The Morgan fingerprint density at radius 1 is 0.706 bits per heavy atom. The van der Waals surface area contributed by atoms with Crippen LogP contribution < -0.4 is 10.6 Å². The smallest absolute Gasteiger partial charge is 0.107 e. The van der Waals surface area contributed by atoms with Gasteiger partial charge in [-0.1, -0.05) is 6.07 Å². The first-order valence-electron chi connectivity index (χ1n) is 14.2. The van der Waals surface area contributed by atoms with E-state index in [9.17, 15) is 0 Å². The molecule has 0 aliphatic heterocycles. The van der Waals surface area contributed by atoms with E-state index in [0.29, 0.717) is 11.3 Å². The maximum absolute atomic E-state index is 4.86. The molecule has 0 heterocycles. The minimum atomic E-state index is 0.295. The lowest BCUT2D eigenvalue weighted by Crippen LogP contribution is -2.51. The third-order valence-electron chi connectivity index (χ3n) is 10.9. The third kappa shape index (κ3) is 3.54. The van der Waals surface area contributed by atoms with Gasteiger partial charge >= 0.3 is 0 Å². The van der Waals surface area contributed by atoms with Crippen LogP contribution in [0.4, 0.5) is 11.4 Å². The second-order valence-electron chi connectivity index (χ2n) is 13.2. The van der Waals surface area contributed by atoms with Crippen LogP contribution in [0.15, 0.2) is 34.3 Å². The molecule has 9 rings (SSSR count). The molecule has 1 aromatic carbocycles. The highest BCUT2D eigenvalue weighted by Gasteiger charge is 2.53. The van der Waals surface area contributed by atoms with Crippen molar-refractivity contribution in [2.45, 2.75) is 70.6 Å². The van der Waals surface area contributed by atoms with Crippen LogP contribution in [-0.4, -0.2) is 25.8 Å². The quantitative estimate of drug-likeness (QED) is 0.383. The second-order valence-corrected chi connectivity index (χ2v) is 13.2. The summed E-state index contributed by atoms with van der Waals surface area (Å²) in [6.07, 6.45) is 15.7. The molecule has 8 bridgehead atoms. The van der Waals surface area contributed by atoms with Crippen molar-refractivity contribution in [3.63, 3.8) is 0 Å². The number of nitrogens with one attached hydrogen (secondary N) is 2. The van der Waals surface area contributed by atoms with E-state index in [0.717, 1.165) is 41.4 Å². The first-order valence-corrected chi connectivity index (χ1v) is 14.2. The SMILES string of the molecule is CN=C(Nc1cccc(NC(=NC)C23CC4CC(CC(C4)C2)C3)c1)C1C2CC3CC(C2)CC1C3. The molecular formula is C30H42N4. The number of anilines is 2. The molecule has 0 radical (unpaired) electrons. The molecule has 8 saturated carbocycles. The van der Waals surface area contributed by atoms with Crippen LogP contribution in [-0.2, 0) is 0 Å². The Morgan fingerprint density at radius 3 is 1.76 bits per heavy atom. The van der Waals surface area contributed by atoms with Gasteiger partial charge < -0.3 is 10.6 Å². The highest BCUT2D eigenvalue weighted by atomic mass is 15.0.